The second-order valence-corrected chi connectivity index (χ2v) is 7.92. The summed E-state index contributed by atoms with van der Waals surface area (Å²) in [5, 5.41) is 0.301. The van der Waals surface area contributed by atoms with Gasteiger partial charge in [0.15, 0.2) is 0 Å². The van der Waals surface area contributed by atoms with Crippen LogP contribution in [0.4, 0.5) is 4.39 Å². The average molecular weight is 423 g/mol. The molecule has 1 saturated heterocycles. The lowest BCUT2D eigenvalue weighted by atomic mass is 9.96. The highest BCUT2D eigenvalue weighted by molar-refractivity contribution is 6.31. The fraction of sp³-hybridized carbons (Fsp3) is 0.240. The highest BCUT2D eigenvalue weighted by Gasteiger charge is 2.28. The minimum Gasteiger partial charge on any atom is -0.340 e. The van der Waals surface area contributed by atoms with Crippen molar-refractivity contribution < 1.29 is 9.18 Å². The first-order valence-corrected chi connectivity index (χ1v) is 10.6. The fourth-order valence-electron chi connectivity index (χ4n) is 4.08. The SMILES string of the molecule is O=C(Cc1c(F)cccc1Cl)N1CCN(C(c2ccccc2)c2ccccc2)CC1. The maximum atomic E-state index is 14.1. The molecule has 1 aliphatic rings. The number of piperazine rings is 1. The average Bonchev–Trinajstić information content (AvgIpc) is 2.78. The summed E-state index contributed by atoms with van der Waals surface area (Å²) >= 11 is 6.09. The number of carbonyl (C=O) groups excluding carboxylic acids is 1. The first kappa shape index (κ1) is 20.6. The van der Waals surface area contributed by atoms with Crippen molar-refractivity contribution in [2.75, 3.05) is 26.2 Å². The van der Waals surface area contributed by atoms with Gasteiger partial charge >= 0.3 is 0 Å². The van der Waals surface area contributed by atoms with Crippen LogP contribution in [0.15, 0.2) is 78.9 Å². The zero-order valence-electron chi connectivity index (χ0n) is 16.7. The summed E-state index contributed by atoms with van der Waals surface area (Å²) in [4.78, 5) is 17.0. The zero-order valence-corrected chi connectivity index (χ0v) is 17.4. The summed E-state index contributed by atoms with van der Waals surface area (Å²) in [6.07, 6.45) is -0.00763. The van der Waals surface area contributed by atoms with Gasteiger partial charge in [-0.3, -0.25) is 9.69 Å². The van der Waals surface area contributed by atoms with Gasteiger partial charge in [0.1, 0.15) is 5.82 Å². The van der Waals surface area contributed by atoms with Crippen molar-refractivity contribution in [3.8, 4) is 0 Å². The summed E-state index contributed by atoms with van der Waals surface area (Å²) < 4.78 is 14.1. The van der Waals surface area contributed by atoms with E-state index in [2.05, 4.69) is 53.4 Å². The zero-order chi connectivity index (χ0) is 20.9. The van der Waals surface area contributed by atoms with Crippen LogP contribution in [0.25, 0.3) is 0 Å². The van der Waals surface area contributed by atoms with Gasteiger partial charge in [0, 0.05) is 36.8 Å². The smallest absolute Gasteiger partial charge is 0.227 e. The van der Waals surface area contributed by atoms with E-state index in [0.29, 0.717) is 18.1 Å². The van der Waals surface area contributed by atoms with Crippen molar-refractivity contribution in [2.45, 2.75) is 12.5 Å². The van der Waals surface area contributed by atoms with Crippen LogP contribution in [-0.4, -0.2) is 41.9 Å². The molecule has 0 aromatic heterocycles. The number of nitrogens with zero attached hydrogens (tertiary/aromatic N) is 2. The summed E-state index contributed by atoms with van der Waals surface area (Å²) in [5.41, 5.74) is 2.75. The van der Waals surface area contributed by atoms with Gasteiger partial charge in [-0.25, -0.2) is 4.39 Å². The molecule has 0 unspecified atom stereocenters. The van der Waals surface area contributed by atoms with Gasteiger partial charge in [0.25, 0.3) is 0 Å². The molecule has 0 spiro atoms. The molecule has 1 heterocycles. The maximum Gasteiger partial charge on any atom is 0.227 e. The topological polar surface area (TPSA) is 23.6 Å². The van der Waals surface area contributed by atoms with Crippen molar-refractivity contribution in [3.05, 3.63) is 106 Å². The van der Waals surface area contributed by atoms with E-state index in [4.69, 9.17) is 11.6 Å². The third-order valence-electron chi connectivity index (χ3n) is 5.65. The quantitative estimate of drug-likeness (QED) is 0.580. The van der Waals surface area contributed by atoms with Crippen LogP contribution < -0.4 is 0 Å². The molecule has 0 bridgehead atoms. The maximum absolute atomic E-state index is 14.1. The van der Waals surface area contributed by atoms with Crippen LogP contribution >= 0.6 is 11.6 Å². The molecule has 0 N–H and O–H groups in total. The van der Waals surface area contributed by atoms with Crippen LogP contribution in [0.1, 0.15) is 22.7 Å². The Labute approximate surface area is 181 Å². The minimum absolute atomic E-state index is 0.00763. The second-order valence-electron chi connectivity index (χ2n) is 7.52. The molecular formula is C25H24ClFN2O. The minimum atomic E-state index is -0.428. The van der Waals surface area contributed by atoms with Crippen molar-refractivity contribution in [1.29, 1.82) is 0 Å². The molecule has 1 amide bonds. The Bertz CT molecular complexity index is 929. The molecule has 0 saturated carbocycles. The third-order valence-corrected chi connectivity index (χ3v) is 6.01. The number of hydrogen-bond acceptors (Lipinski definition) is 2. The van der Waals surface area contributed by atoms with Crippen LogP contribution in [0.5, 0.6) is 0 Å². The van der Waals surface area contributed by atoms with E-state index in [1.807, 2.05) is 17.0 Å². The molecule has 0 aliphatic carbocycles. The number of hydrogen-bond donors (Lipinski definition) is 0. The van der Waals surface area contributed by atoms with Crippen LogP contribution in [0.3, 0.4) is 0 Å². The molecule has 5 heteroatoms. The van der Waals surface area contributed by atoms with E-state index in [1.165, 1.54) is 17.2 Å². The lowest BCUT2D eigenvalue weighted by molar-refractivity contribution is -0.132. The van der Waals surface area contributed by atoms with Gasteiger partial charge in [-0.2, -0.15) is 0 Å². The van der Waals surface area contributed by atoms with Crippen molar-refractivity contribution in [3.63, 3.8) is 0 Å². The normalized spacial score (nSPS) is 14.8. The van der Waals surface area contributed by atoms with E-state index in [0.717, 1.165) is 13.1 Å². The van der Waals surface area contributed by atoms with E-state index in [1.54, 1.807) is 12.1 Å². The molecule has 0 atom stereocenters. The highest BCUT2D eigenvalue weighted by atomic mass is 35.5. The van der Waals surface area contributed by atoms with E-state index >= 15 is 0 Å². The summed E-state index contributed by atoms with van der Waals surface area (Å²) in [7, 11) is 0. The second kappa shape index (κ2) is 9.41. The predicted molar refractivity (Wildman–Crippen MR) is 118 cm³/mol. The molecular weight excluding hydrogens is 399 g/mol. The summed E-state index contributed by atoms with van der Waals surface area (Å²) in [6.45, 7) is 2.73. The molecule has 3 nitrogen and oxygen atoms in total. The van der Waals surface area contributed by atoms with Crippen molar-refractivity contribution >= 4 is 17.5 Å². The van der Waals surface area contributed by atoms with Crippen LogP contribution in [0, 0.1) is 5.82 Å². The number of benzene rings is 3. The standard InChI is InChI=1S/C25H24ClFN2O/c26-22-12-7-13-23(27)21(22)18-24(30)28-14-16-29(17-15-28)25(19-8-3-1-4-9-19)20-10-5-2-6-11-20/h1-13,25H,14-18H2. The molecule has 154 valence electrons. The van der Waals surface area contributed by atoms with Crippen LogP contribution in [0.2, 0.25) is 5.02 Å². The van der Waals surface area contributed by atoms with Gasteiger partial charge in [-0.05, 0) is 23.3 Å². The number of halogens is 2. The van der Waals surface area contributed by atoms with Gasteiger partial charge in [-0.1, -0.05) is 78.3 Å². The van der Waals surface area contributed by atoms with E-state index in [-0.39, 0.29) is 23.9 Å². The van der Waals surface area contributed by atoms with Gasteiger partial charge in [0.2, 0.25) is 5.91 Å². The number of carbonyl (C=O) groups is 1. The summed E-state index contributed by atoms with van der Waals surface area (Å²) in [6, 6.07) is 25.5. The molecule has 3 aromatic rings. The van der Waals surface area contributed by atoms with Gasteiger partial charge in [0.05, 0.1) is 12.5 Å². The van der Waals surface area contributed by atoms with Crippen molar-refractivity contribution in [1.82, 2.24) is 9.80 Å². The Hall–Kier alpha value is -2.69. The van der Waals surface area contributed by atoms with Crippen LogP contribution in [-0.2, 0) is 11.2 Å². The number of rotatable bonds is 5. The molecule has 0 radical (unpaired) electrons. The largest absolute Gasteiger partial charge is 0.340 e. The van der Waals surface area contributed by atoms with E-state index in [9.17, 15) is 9.18 Å². The lowest BCUT2D eigenvalue weighted by Gasteiger charge is -2.40. The lowest BCUT2D eigenvalue weighted by Crippen LogP contribution is -2.50. The molecule has 3 aromatic carbocycles. The fourth-order valence-corrected chi connectivity index (χ4v) is 4.31. The Morgan fingerprint density at radius 2 is 1.40 bits per heavy atom. The molecule has 30 heavy (non-hydrogen) atoms. The molecule has 1 fully saturated rings. The first-order chi connectivity index (χ1) is 14.6. The van der Waals surface area contributed by atoms with Crippen molar-refractivity contribution in [2.24, 2.45) is 0 Å². The first-order valence-electron chi connectivity index (χ1n) is 10.2. The third kappa shape index (κ3) is 4.55. The Morgan fingerprint density at radius 1 is 0.833 bits per heavy atom. The summed E-state index contributed by atoms with van der Waals surface area (Å²) in [5.74, 6) is -0.514. The highest BCUT2D eigenvalue weighted by Crippen LogP contribution is 2.29. The monoisotopic (exact) mass is 422 g/mol. The Balaban J connectivity index is 1.46. The predicted octanol–water partition coefficient (Wildman–Crippen LogP) is 4.96. The van der Waals surface area contributed by atoms with E-state index < -0.39 is 5.82 Å². The Morgan fingerprint density at radius 3 is 1.93 bits per heavy atom. The Kier molecular flexibility index (Phi) is 6.46. The van der Waals surface area contributed by atoms with Gasteiger partial charge < -0.3 is 4.90 Å². The number of amides is 1. The van der Waals surface area contributed by atoms with Gasteiger partial charge in [-0.15, -0.1) is 0 Å². The molecule has 4 rings (SSSR count). The molecule has 1 aliphatic heterocycles.